The Hall–Kier alpha value is -0.420. The van der Waals surface area contributed by atoms with Crippen molar-refractivity contribution in [3.8, 4) is 0 Å². The van der Waals surface area contributed by atoms with E-state index in [-0.39, 0.29) is 18.2 Å². The normalized spacial score (nSPS) is 11.9. The van der Waals surface area contributed by atoms with Gasteiger partial charge < -0.3 is 5.73 Å². The fraction of sp³-hybridized carbons (Fsp3) is 0.0909. The van der Waals surface area contributed by atoms with Gasteiger partial charge in [-0.05, 0) is 44.4 Å². The van der Waals surface area contributed by atoms with Crippen molar-refractivity contribution in [1.29, 1.82) is 0 Å². The highest BCUT2D eigenvalue weighted by molar-refractivity contribution is 9.10. The molecular formula is C11H10BrClFNS. The van der Waals surface area contributed by atoms with E-state index < -0.39 is 6.04 Å². The Morgan fingerprint density at radius 2 is 2.06 bits per heavy atom. The van der Waals surface area contributed by atoms with Gasteiger partial charge in [-0.3, -0.25) is 0 Å². The molecule has 0 amide bonds. The molecule has 1 atom stereocenters. The Balaban J connectivity index is 0.00000128. The lowest BCUT2D eigenvalue weighted by atomic mass is 10.0. The minimum atomic E-state index is -0.395. The van der Waals surface area contributed by atoms with Crippen LogP contribution in [0.3, 0.4) is 0 Å². The summed E-state index contributed by atoms with van der Waals surface area (Å²) in [6, 6.07) is 6.68. The van der Waals surface area contributed by atoms with Crippen LogP contribution < -0.4 is 5.73 Å². The maximum atomic E-state index is 13.7. The van der Waals surface area contributed by atoms with Crippen molar-refractivity contribution in [3.05, 3.63) is 56.4 Å². The van der Waals surface area contributed by atoms with Crippen LogP contribution in [0.2, 0.25) is 0 Å². The second-order valence-corrected chi connectivity index (χ2v) is 4.81. The van der Waals surface area contributed by atoms with Crippen molar-refractivity contribution in [2.24, 2.45) is 5.73 Å². The van der Waals surface area contributed by atoms with Gasteiger partial charge in [-0.25, -0.2) is 4.39 Å². The molecule has 1 nitrogen and oxygen atoms in total. The van der Waals surface area contributed by atoms with E-state index in [1.54, 1.807) is 29.5 Å². The molecule has 5 heteroatoms. The molecule has 16 heavy (non-hydrogen) atoms. The molecule has 0 fully saturated rings. The van der Waals surface area contributed by atoms with Crippen LogP contribution in [0.1, 0.15) is 17.2 Å². The van der Waals surface area contributed by atoms with E-state index in [1.165, 1.54) is 0 Å². The van der Waals surface area contributed by atoms with Crippen LogP contribution in [0.15, 0.2) is 39.5 Å². The van der Waals surface area contributed by atoms with E-state index >= 15 is 0 Å². The zero-order valence-corrected chi connectivity index (χ0v) is 11.4. The van der Waals surface area contributed by atoms with Crippen molar-refractivity contribution in [2.45, 2.75) is 6.04 Å². The van der Waals surface area contributed by atoms with Gasteiger partial charge >= 0.3 is 0 Å². The summed E-state index contributed by atoms with van der Waals surface area (Å²) in [5, 5.41) is 3.87. The van der Waals surface area contributed by atoms with Crippen molar-refractivity contribution >= 4 is 39.7 Å². The number of hydrogen-bond donors (Lipinski definition) is 1. The third kappa shape index (κ3) is 2.63. The summed E-state index contributed by atoms with van der Waals surface area (Å²) < 4.78 is 14.2. The van der Waals surface area contributed by atoms with Crippen LogP contribution in [0.25, 0.3) is 0 Å². The Bertz CT molecular complexity index is 461. The summed E-state index contributed by atoms with van der Waals surface area (Å²) in [7, 11) is 0. The maximum Gasteiger partial charge on any atom is 0.142 e. The average molecular weight is 323 g/mol. The lowest BCUT2D eigenvalue weighted by Crippen LogP contribution is -2.12. The van der Waals surface area contributed by atoms with Gasteiger partial charge in [0, 0.05) is 5.56 Å². The number of thiophene rings is 1. The molecule has 0 aliphatic rings. The van der Waals surface area contributed by atoms with Crippen LogP contribution in [-0.2, 0) is 0 Å². The SMILES string of the molecule is Cl.N[C@H](c1ccsc1)c1cccc(Br)c1F. The third-order valence-electron chi connectivity index (χ3n) is 2.22. The lowest BCUT2D eigenvalue weighted by Gasteiger charge is -2.12. The summed E-state index contributed by atoms with van der Waals surface area (Å²) in [5.41, 5.74) is 7.43. The van der Waals surface area contributed by atoms with E-state index in [1.807, 2.05) is 16.8 Å². The van der Waals surface area contributed by atoms with Gasteiger partial charge in [0.05, 0.1) is 10.5 Å². The third-order valence-corrected chi connectivity index (χ3v) is 3.53. The van der Waals surface area contributed by atoms with E-state index in [0.29, 0.717) is 10.0 Å². The molecule has 0 saturated carbocycles. The molecule has 1 heterocycles. The summed E-state index contributed by atoms with van der Waals surface area (Å²) in [5.74, 6) is -0.281. The zero-order chi connectivity index (χ0) is 10.8. The lowest BCUT2D eigenvalue weighted by molar-refractivity contribution is 0.593. The first-order valence-electron chi connectivity index (χ1n) is 4.41. The zero-order valence-electron chi connectivity index (χ0n) is 8.19. The fourth-order valence-corrected chi connectivity index (χ4v) is 2.47. The van der Waals surface area contributed by atoms with E-state index in [0.717, 1.165) is 5.56 Å². The molecule has 2 aromatic rings. The number of hydrogen-bond acceptors (Lipinski definition) is 2. The molecule has 1 aromatic heterocycles. The summed E-state index contributed by atoms with van der Waals surface area (Å²) in [6.45, 7) is 0. The summed E-state index contributed by atoms with van der Waals surface area (Å²) in [4.78, 5) is 0. The van der Waals surface area contributed by atoms with Crippen LogP contribution in [0, 0.1) is 5.82 Å². The molecule has 0 bridgehead atoms. The highest BCUT2D eigenvalue weighted by Crippen LogP contribution is 2.27. The average Bonchev–Trinajstić information content (AvgIpc) is 2.74. The van der Waals surface area contributed by atoms with Gasteiger partial charge in [-0.2, -0.15) is 11.3 Å². The first-order valence-corrected chi connectivity index (χ1v) is 6.15. The smallest absolute Gasteiger partial charge is 0.142 e. The summed E-state index contributed by atoms with van der Waals surface area (Å²) >= 11 is 4.71. The van der Waals surface area contributed by atoms with Crippen molar-refractivity contribution in [3.63, 3.8) is 0 Å². The van der Waals surface area contributed by atoms with Crippen LogP contribution in [0.5, 0.6) is 0 Å². The van der Waals surface area contributed by atoms with Gasteiger partial charge in [0.1, 0.15) is 5.82 Å². The molecule has 0 radical (unpaired) electrons. The first kappa shape index (κ1) is 13.6. The highest BCUT2D eigenvalue weighted by Gasteiger charge is 2.15. The maximum absolute atomic E-state index is 13.7. The van der Waals surface area contributed by atoms with Gasteiger partial charge in [-0.1, -0.05) is 12.1 Å². The molecule has 2 rings (SSSR count). The number of halogens is 3. The molecule has 0 spiro atoms. The van der Waals surface area contributed by atoms with Gasteiger partial charge in [0.15, 0.2) is 0 Å². The molecule has 0 saturated heterocycles. The number of benzene rings is 1. The van der Waals surface area contributed by atoms with Crippen molar-refractivity contribution in [1.82, 2.24) is 0 Å². The Morgan fingerprint density at radius 1 is 1.31 bits per heavy atom. The predicted molar refractivity (Wildman–Crippen MR) is 71.7 cm³/mol. The van der Waals surface area contributed by atoms with Crippen molar-refractivity contribution in [2.75, 3.05) is 0 Å². The van der Waals surface area contributed by atoms with Gasteiger partial charge in [0.25, 0.3) is 0 Å². The molecule has 2 N–H and O–H groups in total. The van der Waals surface area contributed by atoms with Crippen LogP contribution >= 0.6 is 39.7 Å². The quantitative estimate of drug-likeness (QED) is 0.884. The largest absolute Gasteiger partial charge is 0.320 e. The molecular weight excluding hydrogens is 313 g/mol. The molecule has 1 aromatic carbocycles. The molecule has 0 aliphatic heterocycles. The van der Waals surface area contributed by atoms with Gasteiger partial charge in [-0.15, -0.1) is 12.4 Å². The Kier molecular flexibility index (Phi) is 4.92. The standard InChI is InChI=1S/C11H9BrFNS.ClH/c12-9-3-1-2-8(10(9)13)11(14)7-4-5-15-6-7;/h1-6,11H,14H2;1H/t11-;/m1./s1. The molecule has 86 valence electrons. The second-order valence-electron chi connectivity index (χ2n) is 3.18. The monoisotopic (exact) mass is 321 g/mol. The van der Waals surface area contributed by atoms with E-state index in [4.69, 9.17) is 5.73 Å². The highest BCUT2D eigenvalue weighted by atomic mass is 79.9. The topological polar surface area (TPSA) is 26.0 Å². The minimum absolute atomic E-state index is 0. The number of nitrogens with two attached hydrogens (primary N) is 1. The van der Waals surface area contributed by atoms with E-state index in [2.05, 4.69) is 15.9 Å². The number of rotatable bonds is 2. The molecule has 0 aliphatic carbocycles. The minimum Gasteiger partial charge on any atom is -0.320 e. The van der Waals surface area contributed by atoms with E-state index in [9.17, 15) is 4.39 Å². The second kappa shape index (κ2) is 5.77. The first-order chi connectivity index (χ1) is 7.20. The van der Waals surface area contributed by atoms with Gasteiger partial charge in [0.2, 0.25) is 0 Å². The Labute approximate surface area is 112 Å². The fourth-order valence-electron chi connectivity index (χ4n) is 1.39. The van der Waals surface area contributed by atoms with Crippen molar-refractivity contribution < 1.29 is 4.39 Å². The Morgan fingerprint density at radius 3 is 2.69 bits per heavy atom. The predicted octanol–water partition coefficient (Wildman–Crippen LogP) is 4.12. The molecule has 0 unspecified atom stereocenters. The van der Waals surface area contributed by atoms with Crippen LogP contribution in [0.4, 0.5) is 4.39 Å². The summed E-state index contributed by atoms with van der Waals surface area (Å²) in [6.07, 6.45) is 0. The van der Waals surface area contributed by atoms with Crippen LogP contribution in [-0.4, -0.2) is 0 Å².